The van der Waals surface area contributed by atoms with Crippen LogP contribution in [0.25, 0.3) is 16.9 Å². The Labute approximate surface area is 347 Å². The molecule has 1 atom stereocenters. The van der Waals surface area contributed by atoms with Gasteiger partial charge in [0.1, 0.15) is 17.4 Å². The molecule has 1 aliphatic rings. The van der Waals surface area contributed by atoms with Crippen LogP contribution in [-0.2, 0) is 24.9 Å². The molecular weight excluding hydrogens is 792 g/mol. The SMILES string of the molecule is C=COC(=O)C(C(=O)C(C)(C)SCc1ccc(OC)cc1)c1cc(-n2cc(Cl)cn2)ccc1C.Cc1ccc(-n2cc(Cl)cn2)cc1C1=C(O)C(C)(C)SC1=O.[HH].[HH]. The molecule has 3 aromatic carbocycles. The molecule has 0 bridgehead atoms. The van der Waals surface area contributed by atoms with Gasteiger partial charge in [-0.1, -0.05) is 65.8 Å². The number of aliphatic hydroxyl groups is 1. The second-order valence-electron chi connectivity index (χ2n) is 13.9. The molecule has 5 aromatic rings. The minimum absolute atomic E-state index is 0. The molecule has 2 aromatic heterocycles. The summed E-state index contributed by atoms with van der Waals surface area (Å²) in [6, 6.07) is 18.8. The summed E-state index contributed by atoms with van der Waals surface area (Å²) < 4.78 is 12.1. The van der Waals surface area contributed by atoms with E-state index >= 15 is 0 Å². The molecule has 0 aliphatic carbocycles. The Balaban J connectivity index is 0.000000325. The number of rotatable bonds is 12. The molecule has 0 saturated heterocycles. The molecule has 0 spiro atoms. The second kappa shape index (κ2) is 17.6. The van der Waals surface area contributed by atoms with E-state index in [4.69, 9.17) is 32.7 Å². The molecule has 0 saturated carbocycles. The van der Waals surface area contributed by atoms with Crippen LogP contribution in [0, 0.1) is 13.8 Å². The monoisotopic (exact) mass is 836 g/mol. The highest BCUT2D eigenvalue weighted by Crippen LogP contribution is 2.46. The van der Waals surface area contributed by atoms with E-state index in [1.165, 1.54) is 18.0 Å². The third-order valence-corrected chi connectivity index (χ3v) is 12.0. The number of hydrogen-bond donors (Lipinski definition) is 1. The van der Waals surface area contributed by atoms with Crippen LogP contribution in [0.3, 0.4) is 0 Å². The van der Waals surface area contributed by atoms with Gasteiger partial charge >= 0.3 is 5.97 Å². The fourth-order valence-electron chi connectivity index (χ4n) is 5.88. The van der Waals surface area contributed by atoms with Crippen LogP contribution in [0.2, 0.25) is 10.0 Å². The number of aryl methyl sites for hydroxylation is 2. The van der Waals surface area contributed by atoms with E-state index in [1.54, 1.807) is 41.1 Å². The fraction of sp³-hybridized carbons (Fsp3) is 0.262. The Morgan fingerprint density at radius 1 is 0.982 bits per heavy atom. The molecule has 3 heterocycles. The third-order valence-electron chi connectivity index (χ3n) is 9.10. The van der Waals surface area contributed by atoms with Crippen molar-refractivity contribution in [1.82, 2.24) is 19.6 Å². The number of carbonyl (C=O) groups is 3. The largest absolute Gasteiger partial charge is 0.510 e. The van der Waals surface area contributed by atoms with E-state index in [1.807, 2.05) is 96.1 Å². The number of aliphatic hydroxyl groups excluding tert-OH is 1. The summed E-state index contributed by atoms with van der Waals surface area (Å²) in [7, 11) is 1.62. The van der Waals surface area contributed by atoms with Gasteiger partial charge in [-0.25, -0.2) is 9.36 Å². The molecule has 0 radical (unpaired) electrons. The van der Waals surface area contributed by atoms with Crippen LogP contribution < -0.4 is 4.74 Å². The van der Waals surface area contributed by atoms with Gasteiger partial charge in [-0.15, -0.1) is 11.8 Å². The number of ketones is 1. The van der Waals surface area contributed by atoms with E-state index in [2.05, 4.69) is 16.8 Å². The number of hydrogen-bond acceptors (Lipinski definition) is 10. The van der Waals surface area contributed by atoms with Crippen molar-refractivity contribution in [1.29, 1.82) is 0 Å². The maximum absolute atomic E-state index is 13.8. The van der Waals surface area contributed by atoms with E-state index in [0.29, 0.717) is 32.6 Å². The van der Waals surface area contributed by atoms with Crippen molar-refractivity contribution in [3.05, 3.63) is 142 Å². The number of benzene rings is 3. The number of methoxy groups -OCH3 is 1. The molecular formula is C42H46Cl2N4O6S2. The van der Waals surface area contributed by atoms with Crippen molar-refractivity contribution in [2.75, 3.05) is 7.11 Å². The normalized spacial score (nSPS) is 14.2. The zero-order valence-corrected chi connectivity index (χ0v) is 35.1. The highest BCUT2D eigenvalue weighted by Gasteiger charge is 2.42. The number of nitrogens with zero attached hydrogens (tertiary/aromatic N) is 4. The van der Waals surface area contributed by atoms with Gasteiger partial charge in [0, 0.05) is 21.0 Å². The first-order valence-electron chi connectivity index (χ1n) is 17.4. The lowest BCUT2D eigenvalue weighted by Crippen LogP contribution is -2.37. The standard InChI is InChI=1S/C26H27ClN2O4S.C16H15ClN2O2S.2H2/c1-6-33-25(31)23(22-13-20(10-7-17(22)2)29-15-19(27)14-28-29)24(30)26(3,4)34-16-18-8-11-21(32-5)12-9-18;1-9-4-5-11(19-8-10(17)7-18-19)6-12(9)13-14(20)16(2,3)22-15(13)21;;/h6-15,23H,1,16H2,2-5H3;4-8,20H,1-3H3;2*1H. The number of aromatic nitrogens is 4. The Morgan fingerprint density at radius 3 is 2.05 bits per heavy atom. The summed E-state index contributed by atoms with van der Waals surface area (Å²) in [5.41, 5.74) is 5.89. The van der Waals surface area contributed by atoms with Gasteiger partial charge in [0.05, 0.1) is 62.3 Å². The van der Waals surface area contributed by atoms with Crippen LogP contribution in [0.4, 0.5) is 0 Å². The molecule has 0 amide bonds. The van der Waals surface area contributed by atoms with E-state index < -0.39 is 21.4 Å². The first-order valence-corrected chi connectivity index (χ1v) is 19.9. The van der Waals surface area contributed by atoms with Crippen molar-refractivity contribution < 1.29 is 31.8 Å². The molecule has 1 aliphatic heterocycles. The molecule has 1 N–H and O–H groups in total. The van der Waals surface area contributed by atoms with Crippen molar-refractivity contribution in [2.45, 2.75) is 62.7 Å². The number of thioether (sulfide) groups is 2. The van der Waals surface area contributed by atoms with E-state index in [0.717, 1.165) is 51.7 Å². The Bertz CT molecular complexity index is 2330. The van der Waals surface area contributed by atoms with Crippen LogP contribution in [-0.4, -0.2) is 58.1 Å². The molecule has 10 nitrogen and oxygen atoms in total. The molecule has 0 fully saturated rings. The van der Waals surface area contributed by atoms with Gasteiger partial charge in [0.15, 0.2) is 5.78 Å². The quantitative estimate of drug-likeness (QED) is 0.0737. The smallest absolute Gasteiger partial charge is 0.325 e. The second-order valence-corrected chi connectivity index (χ2v) is 18.0. The zero-order chi connectivity index (χ0) is 40.9. The minimum atomic E-state index is -1.12. The first-order chi connectivity index (χ1) is 26.4. The van der Waals surface area contributed by atoms with Crippen LogP contribution in [0.15, 0.2) is 104 Å². The van der Waals surface area contributed by atoms with Gasteiger partial charge in [0.25, 0.3) is 0 Å². The number of carbonyl (C=O) groups excluding carboxylic acids is 3. The maximum Gasteiger partial charge on any atom is 0.325 e. The first kappa shape index (κ1) is 42.4. The molecule has 296 valence electrons. The zero-order valence-electron chi connectivity index (χ0n) is 32.0. The highest BCUT2D eigenvalue weighted by molar-refractivity contribution is 8.16. The van der Waals surface area contributed by atoms with Crippen LogP contribution >= 0.6 is 46.7 Å². The Morgan fingerprint density at radius 2 is 1.55 bits per heavy atom. The summed E-state index contributed by atoms with van der Waals surface area (Å²) in [6.07, 6.45) is 7.47. The van der Waals surface area contributed by atoms with Crippen molar-refractivity contribution >= 4 is 69.2 Å². The lowest BCUT2D eigenvalue weighted by atomic mass is 9.85. The highest BCUT2D eigenvalue weighted by atomic mass is 35.5. The summed E-state index contributed by atoms with van der Waals surface area (Å²) in [6.45, 7) is 14.6. The van der Waals surface area contributed by atoms with Gasteiger partial charge in [0.2, 0.25) is 5.12 Å². The third kappa shape index (κ3) is 9.61. The summed E-state index contributed by atoms with van der Waals surface area (Å²) in [5, 5.41) is 19.7. The Kier molecular flexibility index (Phi) is 13.3. The topological polar surface area (TPSA) is 126 Å². The lowest BCUT2D eigenvalue weighted by molar-refractivity contribution is -0.143. The number of esters is 1. The van der Waals surface area contributed by atoms with Crippen molar-refractivity contribution in [2.24, 2.45) is 0 Å². The van der Waals surface area contributed by atoms with Crippen LogP contribution in [0.5, 0.6) is 5.75 Å². The maximum atomic E-state index is 13.8. The van der Waals surface area contributed by atoms with Crippen LogP contribution in [0.1, 0.15) is 64.3 Å². The number of halogens is 2. The van der Waals surface area contributed by atoms with Crippen molar-refractivity contribution in [3.63, 3.8) is 0 Å². The predicted octanol–water partition coefficient (Wildman–Crippen LogP) is 10.5. The summed E-state index contributed by atoms with van der Waals surface area (Å²) >= 11 is 14.5. The number of Topliss-reactive ketones (excluding diaryl/α,β-unsaturated/α-hetero) is 1. The van der Waals surface area contributed by atoms with Gasteiger partial charge in [-0.3, -0.25) is 14.4 Å². The molecule has 6 rings (SSSR count). The average molecular weight is 838 g/mol. The summed E-state index contributed by atoms with van der Waals surface area (Å²) in [5.74, 6) is -0.557. The van der Waals surface area contributed by atoms with Gasteiger partial charge in [-0.05, 0) is 106 Å². The average Bonchev–Trinajstić information content (AvgIpc) is 3.85. The Hall–Kier alpha value is -4.75. The summed E-state index contributed by atoms with van der Waals surface area (Å²) in [4.78, 5) is 39.1. The number of ether oxygens (including phenoxy) is 2. The molecule has 1 unspecified atom stereocenters. The van der Waals surface area contributed by atoms with E-state index in [9.17, 15) is 19.5 Å². The van der Waals surface area contributed by atoms with E-state index in [-0.39, 0.29) is 19.5 Å². The molecule has 14 heteroatoms. The van der Waals surface area contributed by atoms with Gasteiger partial charge < -0.3 is 14.6 Å². The van der Waals surface area contributed by atoms with Crippen molar-refractivity contribution in [3.8, 4) is 17.1 Å². The lowest BCUT2D eigenvalue weighted by Gasteiger charge is -2.28. The van der Waals surface area contributed by atoms with Gasteiger partial charge in [-0.2, -0.15) is 10.2 Å². The molecule has 56 heavy (non-hydrogen) atoms. The predicted molar refractivity (Wildman–Crippen MR) is 229 cm³/mol. The minimum Gasteiger partial charge on any atom is -0.510 e. The fourth-order valence-corrected chi connectivity index (χ4v) is 8.11.